The van der Waals surface area contributed by atoms with E-state index >= 15 is 0 Å². The van der Waals surface area contributed by atoms with Crippen LogP contribution in [0.1, 0.15) is 25.0 Å². The average molecular weight is 445 g/mol. The molecular formula is C18H20Br2FNO. The Morgan fingerprint density at radius 1 is 1.13 bits per heavy atom. The van der Waals surface area contributed by atoms with E-state index in [9.17, 15) is 4.39 Å². The molecule has 0 atom stereocenters. The fourth-order valence-electron chi connectivity index (χ4n) is 2.22. The Hall–Kier alpha value is -0.910. The number of hydrogen-bond donors (Lipinski definition) is 1. The van der Waals surface area contributed by atoms with Gasteiger partial charge < -0.3 is 10.1 Å². The molecule has 0 saturated carbocycles. The van der Waals surface area contributed by atoms with Crippen LogP contribution in [0, 0.1) is 5.82 Å². The lowest BCUT2D eigenvalue weighted by Gasteiger charge is -2.17. The molecule has 2 rings (SSSR count). The van der Waals surface area contributed by atoms with Gasteiger partial charge in [-0.3, -0.25) is 0 Å². The molecule has 0 bridgehead atoms. The molecule has 2 aromatic rings. The zero-order chi connectivity index (χ0) is 16.8. The zero-order valence-electron chi connectivity index (χ0n) is 13.2. The summed E-state index contributed by atoms with van der Waals surface area (Å²) in [5.74, 6) is 0.675. The molecule has 124 valence electrons. The van der Waals surface area contributed by atoms with Crippen molar-refractivity contribution in [3.05, 3.63) is 62.3 Å². The molecule has 0 aliphatic rings. The van der Waals surface area contributed by atoms with Crippen molar-refractivity contribution < 1.29 is 9.13 Å². The van der Waals surface area contributed by atoms with E-state index in [-0.39, 0.29) is 11.9 Å². The summed E-state index contributed by atoms with van der Waals surface area (Å²) in [5.41, 5.74) is 2.21. The maximum Gasteiger partial charge on any atom is 0.138 e. The minimum Gasteiger partial charge on any atom is -0.489 e. The molecule has 23 heavy (non-hydrogen) atoms. The normalized spacial score (nSPS) is 11.0. The SMILES string of the molecule is CC(C)Oc1c(Br)cc(Br)cc1CNCCc1ccc(F)cc1. The van der Waals surface area contributed by atoms with Crippen LogP contribution in [-0.2, 0) is 13.0 Å². The van der Waals surface area contributed by atoms with Gasteiger partial charge in [0.15, 0.2) is 0 Å². The Bertz CT molecular complexity index is 644. The number of nitrogens with one attached hydrogen (secondary N) is 1. The van der Waals surface area contributed by atoms with Crippen molar-refractivity contribution in [2.75, 3.05) is 6.54 Å². The third-order valence-corrected chi connectivity index (χ3v) is 4.30. The molecule has 0 heterocycles. The Kier molecular flexibility index (Phi) is 7.06. The van der Waals surface area contributed by atoms with Crippen molar-refractivity contribution in [3.63, 3.8) is 0 Å². The van der Waals surface area contributed by atoms with Crippen LogP contribution in [0.5, 0.6) is 5.75 Å². The third kappa shape index (κ3) is 5.90. The predicted molar refractivity (Wildman–Crippen MR) is 99.4 cm³/mol. The topological polar surface area (TPSA) is 21.3 Å². The van der Waals surface area contributed by atoms with Crippen molar-refractivity contribution in [2.24, 2.45) is 0 Å². The molecule has 5 heteroatoms. The van der Waals surface area contributed by atoms with Crippen LogP contribution < -0.4 is 10.1 Å². The highest BCUT2D eigenvalue weighted by Gasteiger charge is 2.11. The van der Waals surface area contributed by atoms with Crippen LogP contribution in [-0.4, -0.2) is 12.6 Å². The van der Waals surface area contributed by atoms with E-state index in [1.165, 1.54) is 12.1 Å². The highest BCUT2D eigenvalue weighted by molar-refractivity contribution is 9.11. The van der Waals surface area contributed by atoms with E-state index in [1.807, 2.05) is 32.0 Å². The quantitative estimate of drug-likeness (QED) is 0.571. The van der Waals surface area contributed by atoms with Gasteiger partial charge in [0.25, 0.3) is 0 Å². The van der Waals surface area contributed by atoms with Gasteiger partial charge >= 0.3 is 0 Å². The van der Waals surface area contributed by atoms with E-state index in [4.69, 9.17) is 4.74 Å². The first-order valence-corrected chi connectivity index (χ1v) is 9.14. The van der Waals surface area contributed by atoms with E-state index in [2.05, 4.69) is 43.2 Å². The van der Waals surface area contributed by atoms with Crippen molar-refractivity contribution >= 4 is 31.9 Å². The standard InChI is InChI=1S/C18H20Br2FNO/c1-12(2)23-18-14(9-15(19)10-17(18)20)11-22-8-7-13-3-5-16(21)6-4-13/h3-6,9-10,12,22H,7-8,11H2,1-2H3. The zero-order valence-corrected chi connectivity index (χ0v) is 16.4. The lowest BCUT2D eigenvalue weighted by atomic mass is 10.1. The molecule has 0 unspecified atom stereocenters. The maximum atomic E-state index is 12.9. The Labute approximate surface area is 153 Å². The van der Waals surface area contributed by atoms with Gasteiger partial charge in [0.1, 0.15) is 11.6 Å². The summed E-state index contributed by atoms with van der Waals surface area (Å²) in [6.45, 7) is 5.55. The molecule has 0 spiro atoms. The molecule has 0 aliphatic heterocycles. The van der Waals surface area contributed by atoms with Crippen LogP contribution in [0.3, 0.4) is 0 Å². The van der Waals surface area contributed by atoms with Crippen LogP contribution >= 0.6 is 31.9 Å². The van der Waals surface area contributed by atoms with Gasteiger partial charge in [0.05, 0.1) is 10.6 Å². The first-order valence-electron chi connectivity index (χ1n) is 7.55. The van der Waals surface area contributed by atoms with E-state index < -0.39 is 0 Å². The number of benzene rings is 2. The molecular weight excluding hydrogens is 425 g/mol. The van der Waals surface area contributed by atoms with Crippen LogP contribution in [0.25, 0.3) is 0 Å². The summed E-state index contributed by atoms with van der Waals surface area (Å²) in [6, 6.07) is 10.7. The molecule has 2 nitrogen and oxygen atoms in total. The van der Waals surface area contributed by atoms with Crippen molar-refractivity contribution in [1.82, 2.24) is 5.32 Å². The van der Waals surface area contributed by atoms with Gasteiger partial charge in [-0.2, -0.15) is 0 Å². The number of rotatable bonds is 7. The highest BCUT2D eigenvalue weighted by atomic mass is 79.9. The Morgan fingerprint density at radius 2 is 1.83 bits per heavy atom. The van der Waals surface area contributed by atoms with Crippen molar-refractivity contribution in [2.45, 2.75) is 32.9 Å². The second kappa shape index (κ2) is 8.81. The summed E-state index contributed by atoms with van der Waals surface area (Å²) < 4.78 is 20.7. The minimum absolute atomic E-state index is 0.116. The van der Waals surface area contributed by atoms with Crippen molar-refractivity contribution in [1.29, 1.82) is 0 Å². The predicted octanol–water partition coefficient (Wildman–Crippen LogP) is 5.47. The summed E-state index contributed by atoms with van der Waals surface area (Å²) >= 11 is 7.08. The largest absolute Gasteiger partial charge is 0.489 e. The monoisotopic (exact) mass is 443 g/mol. The molecule has 0 aromatic heterocycles. The Morgan fingerprint density at radius 3 is 2.48 bits per heavy atom. The lowest BCUT2D eigenvalue weighted by molar-refractivity contribution is 0.238. The summed E-state index contributed by atoms with van der Waals surface area (Å²) in [6.07, 6.45) is 0.973. The molecule has 0 aliphatic carbocycles. The maximum absolute atomic E-state index is 12.9. The molecule has 0 saturated heterocycles. The fourth-order valence-corrected chi connectivity index (χ4v) is 3.63. The number of hydrogen-bond acceptors (Lipinski definition) is 2. The summed E-state index contributed by atoms with van der Waals surface area (Å²) in [7, 11) is 0. The molecule has 0 radical (unpaired) electrons. The second-order valence-electron chi connectivity index (χ2n) is 5.60. The third-order valence-electron chi connectivity index (χ3n) is 3.26. The minimum atomic E-state index is -0.198. The molecule has 0 amide bonds. The van der Waals surface area contributed by atoms with E-state index in [0.717, 1.165) is 38.8 Å². The van der Waals surface area contributed by atoms with Crippen LogP contribution in [0.2, 0.25) is 0 Å². The first kappa shape index (κ1) is 18.4. The van der Waals surface area contributed by atoms with Gasteiger partial charge in [0.2, 0.25) is 0 Å². The van der Waals surface area contributed by atoms with Gasteiger partial charge in [-0.05, 0) is 72.6 Å². The summed E-state index contributed by atoms with van der Waals surface area (Å²) in [4.78, 5) is 0. The smallest absolute Gasteiger partial charge is 0.138 e. The van der Waals surface area contributed by atoms with Gasteiger partial charge in [-0.15, -0.1) is 0 Å². The fraction of sp³-hybridized carbons (Fsp3) is 0.333. The van der Waals surface area contributed by atoms with Crippen LogP contribution in [0.15, 0.2) is 45.3 Å². The molecule has 1 N–H and O–H groups in total. The van der Waals surface area contributed by atoms with E-state index in [0.29, 0.717) is 6.54 Å². The highest BCUT2D eigenvalue weighted by Crippen LogP contribution is 2.33. The summed E-state index contributed by atoms with van der Waals surface area (Å²) in [5, 5.41) is 3.42. The lowest BCUT2D eigenvalue weighted by Crippen LogP contribution is -2.18. The second-order valence-corrected chi connectivity index (χ2v) is 7.37. The first-order chi connectivity index (χ1) is 11.0. The average Bonchev–Trinajstić information content (AvgIpc) is 2.48. The van der Waals surface area contributed by atoms with Gasteiger partial charge in [-0.25, -0.2) is 4.39 Å². The molecule has 0 fully saturated rings. The van der Waals surface area contributed by atoms with Crippen molar-refractivity contribution in [3.8, 4) is 5.75 Å². The van der Waals surface area contributed by atoms with Gasteiger partial charge in [0, 0.05) is 16.6 Å². The molecule has 2 aromatic carbocycles. The number of ether oxygens (including phenoxy) is 1. The van der Waals surface area contributed by atoms with Crippen LogP contribution in [0.4, 0.5) is 4.39 Å². The van der Waals surface area contributed by atoms with E-state index in [1.54, 1.807) is 0 Å². The Balaban J connectivity index is 1.95. The number of halogens is 3. The van der Waals surface area contributed by atoms with Gasteiger partial charge in [-0.1, -0.05) is 28.1 Å².